The third-order valence-electron chi connectivity index (χ3n) is 4.26. The first-order chi connectivity index (χ1) is 11.9. The lowest BCUT2D eigenvalue weighted by Crippen LogP contribution is -2.31. The Kier molecular flexibility index (Phi) is 4.85. The lowest BCUT2D eigenvalue weighted by atomic mass is 10.1. The first kappa shape index (κ1) is 17.2. The van der Waals surface area contributed by atoms with Crippen LogP contribution in [0.25, 0.3) is 0 Å². The molecule has 0 unspecified atom stereocenters. The zero-order valence-corrected chi connectivity index (χ0v) is 14.5. The smallest absolute Gasteiger partial charge is 0.254 e. The number of hydrogen-bond acceptors (Lipinski definition) is 6. The molecule has 25 heavy (non-hydrogen) atoms. The van der Waals surface area contributed by atoms with Crippen molar-refractivity contribution in [3.05, 3.63) is 41.1 Å². The van der Waals surface area contributed by atoms with E-state index in [0.29, 0.717) is 24.2 Å². The maximum atomic E-state index is 11.7. The highest BCUT2D eigenvalue weighted by atomic mass is 16.1. The number of nitrogens with zero attached hydrogens (tertiary/aromatic N) is 2. The molecule has 1 atom stereocenters. The Labute approximate surface area is 147 Å². The molecule has 1 aromatic heterocycles. The second kappa shape index (κ2) is 7.06. The molecule has 2 aromatic rings. The van der Waals surface area contributed by atoms with Crippen LogP contribution in [0, 0.1) is 19.8 Å². The third-order valence-corrected chi connectivity index (χ3v) is 4.26. The van der Waals surface area contributed by atoms with E-state index in [9.17, 15) is 4.79 Å². The molecule has 0 spiro atoms. The van der Waals surface area contributed by atoms with Gasteiger partial charge in [-0.3, -0.25) is 4.79 Å². The Morgan fingerprint density at radius 2 is 1.96 bits per heavy atom. The van der Waals surface area contributed by atoms with Crippen molar-refractivity contribution in [3.63, 3.8) is 0 Å². The molecule has 3 rings (SSSR count). The number of hydrogen-bond donors (Lipinski definition) is 4. The number of anilines is 3. The highest BCUT2D eigenvalue weighted by Gasteiger charge is 2.28. The number of nitrogens with one attached hydrogen (secondary N) is 2. The fourth-order valence-electron chi connectivity index (χ4n) is 2.83. The average Bonchev–Trinajstić information content (AvgIpc) is 3.36. The van der Waals surface area contributed by atoms with Crippen LogP contribution in [0.3, 0.4) is 0 Å². The molecule has 0 radical (unpaired) electrons. The van der Waals surface area contributed by atoms with Crippen LogP contribution in [0.15, 0.2) is 24.4 Å². The summed E-state index contributed by atoms with van der Waals surface area (Å²) < 4.78 is 0. The number of carbonyl (C=O) groups excluding carboxylic acids is 1. The lowest BCUT2D eigenvalue weighted by molar-refractivity contribution is 0.100. The molecule has 0 bridgehead atoms. The maximum Gasteiger partial charge on any atom is 0.254 e. The topological polar surface area (TPSA) is 119 Å². The Hall–Kier alpha value is -2.67. The molecule has 7 nitrogen and oxygen atoms in total. The molecule has 0 aliphatic heterocycles. The number of benzene rings is 1. The van der Waals surface area contributed by atoms with Gasteiger partial charge in [0.1, 0.15) is 11.4 Å². The third kappa shape index (κ3) is 4.45. The first-order valence-corrected chi connectivity index (χ1v) is 8.44. The largest absolute Gasteiger partial charge is 0.365 e. The minimum atomic E-state index is -0.576. The van der Waals surface area contributed by atoms with Crippen molar-refractivity contribution in [2.45, 2.75) is 32.7 Å². The van der Waals surface area contributed by atoms with Crippen molar-refractivity contribution in [2.75, 3.05) is 17.2 Å². The van der Waals surface area contributed by atoms with Gasteiger partial charge in [-0.1, -0.05) is 6.07 Å². The highest BCUT2D eigenvalue weighted by Crippen LogP contribution is 2.31. The molecule has 7 heteroatoms. The van der Waals surface area contributed by atoms with Gasteiger partial charge in [-0.05, 0) is 55.9 Å². The molecule has 1 amide bonds. The highest BCUT2D eigenvalue weighted by molar-refractivity contribution is 5.98. The molecule has 1 saturated carbocycles. The number of rotatable bonds is 7. The number of primary amides is 1. The van der Waals surface area contributed by atoms with Gasteiger partial charge in [0.2, 0.25) is 5.95 Å². The standard InChI is InChI=1S/C18H24N6O/c1-10-5-11(2)7-13(6-10)23-17-14(16(20)25)8-21-18(24-17)22-9-15(19)12-3-4-12/h5-8,12,15H,3-4,9,19H2,1-2H3,(H2,20,25)(H2,21,22,23,24)/t15-/m1/s1. The molecule has 1 aliphatic rings. The molecule has 1 aromatic carbocycles. The summed E-state index contributed by atoms with van der Waals surface area (Å²) in [7, 11) is 0. The average molecular weight is 340 g/mol. The SMILES string of the molecule is Cc1cc(C)cc(Nc2nc(NC[C@@H](N)C3CC3)ncc2C(N)=O)c1. The molecule has 0 saturated heterocycles. The molecule has 6 N–H and O–H groups in total. The summed E-state index contributed by atoms with van der Waals surface area (Å²) >= 11 is 0. The Morgan fingerprint density at radius 1 is 1.28 bits per heavy atom. The van der Waals surface area contributed by atoms with E-state index in [0.717, 1.165) is 16.8 Å². The summed E-state index contributed by atoms with van der Waals surface area (Å²) in [6.07, 6.45) is 3.80. The van der Waals surface area contributed by atoms with Crippen LogP contribution in [-0.4, -0.2) is 28.5 Å². The maximum absolute atomic E-state index is 11.7. The summed E-state index contributed by atoms with van der Waals surface area (Å²) in [5.74, 6) is 0.821. The van der Waals surface area contributed by atoms with Gasteiger partial charge in [-0.15, -0.1) is 0 Å². The monoisotopic (exact) mass is 340 g/mol. The van der Waals surface area contributed by atoms with Crippen molar-refractivity contribution in [2.24, 2.45) is 17.4 Å². The summed E-state index contributed by atoms with van der Waals surface area (Å²) in [5.41, 5.74) is 14.9. The van der Waals surface area contributed by atoms with Crippen molar-refractivity contribution >= 4 is 23.4 Å². The van der Waals surface area contributed by atoms with E-state index < -0.39 is 5.91 Å². The Morgan fingerprint density at radius 3 is 2.56 bits per heavy atom. The van der Waals surface area contributed by atoms with E-state index >= 15 is 0 Å². The number of carbonyl (C=O) groups is 1. The zero-order chi connectivity index (χ0) is 18.0. The second-order valence-corrected chi connectivity index (χ2v) is 6.70. The van der Waals surface area contributed by atoms with Crippen LogP contribution in [0.4, 0.5) is 17.5 Å². The van der Waals surface area contributed by atoms with Gasteiger partial charge in [0, 0.05) is 24.5 Å². The molecular weight excluding hydrogens is 316 g/mol. The Bertz CT molecular complexity index is 767. The van der Waals surface area contributed by atoms with E-state index in [1.165, 1.54) is 19.0 Å². The lowest BCUT2D eigenvalue weighted by Gasteiger charge is -2.14. The van der Waals surface area contributed by atoms with Gasteiger partial charge < -0.3 is 22.1 Å². The van der Waals surface area contributed by atoms with E-state index in [2.05, 4.69) is 26.7 Å². The second-order valence-electron chi connectivity index (χ2n) is 6.70. The summed E-state index contributed by atoms with van der Waals surface area (Å²) in [6, 6.07) is 6.13. The molecular formula is C18H24N6O. The zero-order valence-electron chi connectivity index (χ0n) is 14.5. The van der Waals surface area contributed by atoms with Crippen LogP contribution in [0.2, 0.25) is 0 Å². The van der Waals surface area contributed by atoms with Crippen LogP contribution in [0.5, 0.6) is 0 Å². The quantitative estimate of drug-likeness (QED) is 0.613. The van der Waals surface area contributed by atoms with Crippen LogP contribution in [0.1, 0.15) is 34.3 Å². The van der Waals surface area contributed by atoms with Gasteiger partial charge in [0.25, 0.3) is 5.91 Å². The van der Waals surface area contributed by atoms with E-state index in [4.69, 9.17) is 11.5 Å². The minimum absolute atomic E-state index is 0.0928. The van der Waals surface area contributed by atoms with Gasteiger partial charge >= 0.3 is 0 Å². The summed E-state index contributed by atoms with van der Waals surface area (Å²) in [5, 5.41) is 6.32. The fourth-order valence-corrected chi connectivity index (χ4v) is 2.83. The molecule has 1 heterocycles. The fraction of sp³-hybridized carbons (Fsp3) is 0.389. The molecule has 132 valence electrons. The minimum Gasteiger partial charge on any atom is -0.365 e. The van der Waals surface area contributed by atoms with Crippen molar-refractivity contribution < 1.29 is 4.79 Å². The van der Waals surface area contributed by atoms with Crippen molar-refractivity contribution in [1.29, 1.82) is 0 Å². The Balaban J connectivity index is 1.81. The van der Waals surface area contributed by atoms with Crippen LogP contribution in [-0.2, 0) is 0 Å². The predicted octanol–water partition coefficient (Wildman–Crippen LogP) is 2.09. The summed E-state index contributed by atoms with van der Waals surface area (Å²) in [4.78, 5) is 20.3. The number of amides is 1. The summed E-state index contributed by atoms with van der Waals surface area (Å²) in [6.45, 7) is 4.63. The van der Waals surface area contributed by atoms with Crippen LogP contribution < -0.4 is 22.1 Å². The molecule has 1 aliphatic carbocycles. The van der Waals surface area contributed by atoms with E-state index in [1.54, 1.807) is 0 Å². The van der Waals surface area contributed by atoms with Crippen molar-refractivity contribution in [1.82, 2.24) is 9.97 Å². The van der Waals surface area contributed by atoms with Gasteiger partial charge in [-0.2, -0.15) is 4.98 Å². The van der Waals surface area contributed by atoms with E-state index in [1.807, 2.05) is 26.0 Å². The first-order valence-electron chi connectivity index (χ1n) is 8.44. The molecule has 1 fully saturated rings. The number of aryl methyl sites for hydroxylation is 2. The van der Waals surface area contributed by atoms with Gasteiger partial charge in [0.05, 0.1) is 0 Å². The van der Waals surface area contributed by atoms with Crippen molar-refractivity contribution in [3.8, 4) is 0 Å². The number of aromatic nitrogens is 2. The normalized spacial score (nSPS) is 14.8. The van der Waals surface area contributed by atoms with Gasteiger partial charge in [0.15, 0.2) is 0 Å². The predicted molar refractivity (Wildman–Crippen MR) is 98.9 cm³/mol. The van der Waals surface area contributed by atoms with E-state index in [-0.39, 0.29) is 11.6 Å². The number of nitrogens with two attached hydrogens (primary N) is 2. The van der Waals surface area contributed by atoms with Crippen LogP contribution >= 0.6 is 0 Å². The van der Waals surface area contributed by atoms with Gasteiger partial charge in [-0.25, -0.2) is 4.98 Å².